The van der Waals surface area contributed by atoms with Crippen molar-refractivity contribution in [3.05, 3.63) is 42.0 Å². The summed E-state index contributed by atoms with van der Waals surface area (Å²) in [4.78, 5) is 15.3. The number of nitrogens with zero attached hydrogens (tertiary/aromatic N) is 3. The highest BCUT2D eigenvalue weighted by molar-refractivity contribution is 5.73. The molecule has 1 aromatic heterocycles. The standard InChI is InChI=1S/C15H20N4O2/c1-11(18-12(2)20)8-15-16-10-17-19(15)9-13-4-6-14(21-3)7-5-13/h4-7,10-11H,8-9H2,1-3H3,(H,18,20)/t11-/m0/s1. The Bertz CT molecular complexity index is 592. The van der Waals surface area contributed by atoms with E-state index in [4.69, 9.17) is 4.74 Å². The molecular weight excluding hydrogens is 268 g/mol. The summed E-state index contributed by atoms with van der Waals surface area (Å²) in [6.07, 6.45) is 2.19. The van der Waals surface area contributed by atoms with Gasteiger partial charge in [-0.3, -0.25) is 4.79 Å². The first-order valence-corrected chi connectivity index (χ1v) is 6.85. The van der Waals surface area contributed by atoms with E-state index in [9.17, 15) is 4.79 Å². The Labute approximate surface area is 124 Å². The molecule has 0 aliphatic carbocycles. The van der Waals surface area contributed by atoms with Crippen LogP contribution in [0.1, 0.15) is 25.2 Å². The topological polar surface area (TPSA) is 69.0 Å². The number of ether oxygens (including phenoxy) is 1. The van der Waals surface area contributed by atoms with Gasteiger partial charge in [-0.2, -0.15) is 5.10 Å². The van der Waals surface area contributed by atoms with Gasteiger partial charge >= 0.3 is 0 Å². The molecule has 1 heterocycles. The first-order chi connectivity index (χ1) is 10.1. The fraction of sp³-hybridized carbons (Fsp3) is 0.400. The monoisotopic (exact) mass is 288 g/mol. The van der Waals surface area contributed by atoms with Gasteiger partial charge in [-0.25, -0.2) is 9.67 Å². The molecule has 0 aliphatic heterocycles. The van der Waals surface area contributed by atoms with Gasteiger partial charge in [0.2, 0.25) is 5.91 Å². The lowest BCUT2D eigenvalue weighted by molar-refractivity contribution is -0.119. The molecule has 0 unspecified atom stereocenters. The zero-order valence-corrected chi connectivity index (χ0v) is 12.5. The molecule has 2 aromatic rings. The number of carbonyl (C=O) groups excluding carboxylic acids is 1. The van der Waals surface area contributed by atoms with Crippen molar-refractivity contribution in [3.63, 3.8) is 0 Å². The smallest absolute Gasteiger partial charge is 0.217 e. The first kappa shape index (κ1) is 15.0. The van der Waals surface area contributed by atoms with E-state index in [1.807, 2.05) is 35.9 Å². The average Bonchev–Trinajstić information content (AvgIpc) is 2.86. The maximum atomic E-state index is 11.1. The summed E-state index contributed by atoms with van der Waals surface area (Å²) in [5, 5.41) is 7.10. The third-order valence-electron chi connectivity index (χ3n) is 3.13. The maximum Gasteiger partial charge on any atom is 0.217 e. The number of hydrogen-bond donors (Lipinski definition) is 1. The van der Waals surface area contributed by atoms with Crippen molar-refractivity contribution in [1.29, 1.82) is 0 Å². The fourth-order valence-electron chi connectivity index (χ4n) is 2.15. The van der Waals surface area contributed by atoms with Crippen molar-refractivity contribution in [3.8, 4) is 5.75 Å². The third kappa shape index (κ3) is 4.30. The summed E-state index contributed by atoms with van der Waals surface area (Å²) < 4.78 is 6.99. The maximum absolute atomic E-state index is 11.1. The molecule has 0 spiro atoms. The predicted octanol–water partition coefficient (Wildman–Crippen LogP) is 1.40. The Hall–Kier alpha value is -2.37. The minimum atomic E-state index is -0.0382. The molecular formula is C15H20N4O2. The van der Waals surface area contributed by atoms with Crippen molar-refractivity contribution in [2.75, 3.05) is 7.11 Å². The van der Waals surface area contributed by atoms with Crippen LogP contribution in [0.2, 0.25) is 0 Å². The molecule has 1 amide bonds. The van der Waals surface area contributed by atoms with Gasteiger partial charge in [-0.05, 0) is 24.6 Å². The number of methoxy groups -OCH3 is 1. The number of benzene rings is 1. The number of rotatable bonds is 6. The molecule has 0 bridgehead atoms. The minimum absolute atomic E-state index is 0.0290. The summed E-state index contributed by atoms with van der Waals surface area (Å²) in [5.41, 5.74) is 1.12. The van der Waals surface area contributed by atoms with Crippen LogP contribution in [0.25, 0.3) is 0 Å². The SMILES string of the molecule is COc1ccc(Cn2ncnc2C[C@H](C)NC(C)=O)cc1. The van der Waals surface area contributed by atoms with E-state index in [0.717, 1.165) is 17.1 Å². The van der Waals surface area contributed by atoms with Gasteiger partial charge in [-0.15, -0.1) is 0 Å². The Morgan fingerprint density at radius 3 is 2.71 bits per heavy atom. The van der Waals surface area contributed by atoms with Crippen LogP contribution in [0.15, 0.2) is 30.6 Å². The highest BCUT2D eigenvalue weighted by Gasteiger charge is 2.11. The van der Waals surface area contributed by atoms with E-state index in [1.165, 1.54) is 6.92 Å². The highest BCUT2D eigenvalue weighted by atomic mass is 16.5. The molecule has 1 N–H and O–H groups in total. The molecule has 0 radical (unpaired) electrons. The second kappa shape index (κ2) is 6.88. The molecule has 1 atom stereocenters. The number of aromatic nitrogens is 3. The van der Waals surface area contributed by atoms with Gasteiger partial charge in [0.05, 0.1) is 13.7 Å². The molecule has 2 rings (SSSR count). The summed E-state index contributed by atoms with van der Waals surface area (Å²) in [6.45, 7) is 4.11. The van der Waals surface area contributed by atoms with E-state index in [0.29, 0.717) is 13.0 Å². The fourth-order valence-corrected chi connectivity index (χ4v) is 2.15. The molecule has 0 aliphatic rings. The Kier molecular flexibility index (Phi) is 4.92. The average molecular weight is 288 g/mol. The van der Waals surface area contributed by atoms with Gasteiger partial charge in [-0.1, -0.05) is 12.1 Å². The molecule has 1 aromatic carbocycles. The summed E-state index contributed by atoms with van der Waals surface area (Å²) in [5.74, 6) is 1.65. The third-order valence-corrected chi connectivity index (χ3v) is 3.13. The number of carbonyl (C=O) groups is 1. The van der Waals surface area contributed by atoms with Crippen LogP contribution < -0.4 is 10.1 Å². The molecule has 21 heavy (non-hydrogen) atoms. The highest BCUT2D eigenvalue weighted by Crippen LogP contribution is 2.12. The molecule has 6 heteroatoms. The van der Waals surface area contributed by atoms with Crippen LogP contribution in [0, 0.1) is 0 Å². The molecule has 0 saturated carbocycles. The lowest BCUT2D eigenvalue weighted by atomic mass is 10.2. The van der Waals surface area contributed by atoms with Crippen molar-refractivity contribution in [1.82, 2.24) is 20.1 Å². The number of nitrogens with one attached hydrogen (secondary N) is 1. The lowest BCUT2D eigenvalue weighted by Gasteiger charge is -2.13. The Morgan fingerprint density at radius 2 is 2.10 bits per heavy atom. The quantitative estimate of drug-likeness (QED) is 0.872. The zero-order valence-electron chi connectivity index (χ0n) is 12.5. The molecule has 0 fully saturated rings. The van der Waals surface area contributed by atoms with Crippen LogP contribution in [-0.4, -0.2) is 33.8 Å². The van der Waals surface area contributed by atoms with Gasteiger partial charge in [0.25, 0.3) is 0 Å². The number of amides is 1. The van der Waals surface area contributed by atoms with Crippen molar-refractivity contribution in [2.45, 2.75) is 32.9 Å². The normalized spacial score (nSPS) is 12.0. The van der Waals surface area contributed by atoms with E-state index in [-0.39, 0.29) is 11.9 Å². The zero-order chi connectivity index (χ0) is 15.2. The van der Waals surface area contributed by atoms with Gasteiger partial charge in [0.1, 0.15) is 17.9 Å². The Morgan fingerprint density at radius 1 is 1.38 bits per heavy atom. The van der Waals surface area contributed by atoms with Crippen LogP contribution >= 0.6 is 0 Å². The molecule has 112 valence electrons. The summed E-state index contributed by atoms with van der Waals surface area (Å²) in [7, 11) is 1.65. The van der Waals surface area contributed by atoms with Crippen molar-refractivity contribution >= 4 is 5.91 Å². The van der Waals surface area contributed by atoms with Gasteiger partial charge < -0.3 is 10.1 Å². The van der Waals surface area contributed by atoms with Crippen LogP contribution in [0.4, 0.5) is 0 Å². The Balaban J connectivity index is 2.03. The first-order valence-electron chi connectivity index (χ1n) is 6.85. The minimum Gasteiger partial charge on any atom is -0.497 e. The van der Waals surface area contributed by atoms with E-state index < -0.39 is 0 Å². The summed E-state index contributed by atoms with van der Waals surface area (Å²) in [6, 6.07) is 7.88. The molecule has 0 saturated heterocycles. The van der Waals surface area contributed by atoms with Gasteiger partial charge in [0, 0.05) is 19.4 Å². The predicted molar refractivity (Wildman–Crippen MR) is 79.1 cm³/mol. The van der Waals surface area contributed by atoms with E-state index in [1.54, 1.807) is 13.4 Å². The summed E-state index contributed by atoms with van der Waals surface area (Å²) >= 11 is 0. The number of hydrogen-bond acceptors (Lipinski definition) is 4. The van der Waals surface area contributed by atoms with Crippen molar-refractivity contribution < 1.29 is 9.53 Å². The van der Waals surface area contributed by atoms with E-state index >= 15 is 0 Å². The van der Waals surface area contributed by atoms with Gasteiger partial charge in [0.15, 0.2) is 0 Å². The second-order valence-corrected chi connectivity index (χ2v) is 4.99. The van der Waals surface area contributed by atoms with Crippen LogP contribution in [0.5, 0.6) is 5.75 Å². The largest absolute Gasteiger partial charge is 0.497 e. The van der Waals surface area contributed by atoms with E-state index in [2.05, 4.69) is 15.4 Å². The van der Waals surface area contributed by atoms with Crippen LogP contribution in [0.3, 0.4) is 0 Å². The van der Waals surface area contributed by atoms with Crippen molar-refractivity contribution in [2.24, 2.45) is 0 Å². The van der Waals surface area contributed by atoms with Crippen LogP contribution in [-0.2, 0) is 17.8 Å². The lowest BCUT2D eigenvalue weighted by Crippen LogP contribution is -2.33. The molecule has 6 nitrogen and oxygen atoms in total. The second-order valence-electron chi connectivity index (χ2n) is 4.99.